The maximum absolute atomic E-state index is 12.2. The van der Waals surface area contributed by atoms with Crippen molar-refractivity contribution in [3.8, 4) is 0 Å². The van der Waals surface area contributed by atoms with Crippen molar-refractivity contribution in [3.63, 3.8) is 0 Å². The van der Waals surface area contributed by atoms with Crippen molar-refractivity contribution >= 4 is 16.0 Å². The maximum atomic E-state index is 12.2. The second-order valence-corrected chi connectivity index (χ2v) is 5.49. The lowest BCUT2D eigenvalue weighted by Gasteiger charge is -2.19. The van der Waals surface area contributed by atoms with Crippen LogP contribution in [0.1, 0.15) is 17.3 Å². The van der Waals surface area contributed by atoms with Gasteiger partial charge < -0.3 is 10.2 Å². The summed E-state index contributed by atoms with van der Waals surface area (Å²) in [4.78, 5) is 10.7. The highest BCUT2D eigenvalue weighted by molar-refractivity contribution is 7.89. The normalized spacial score (nSPS) is 11.7. The molecule has 0 fully saturated rings. The Balaban J connectivity index is 3.19. The van der Waals surface area contributed by atoms with Gasteiger partial charge in [0, 0.05) is 13.1 Å². The average molecular weight is 273 g/mol. The van der Waals surface area contributed by atoms with Gasteiger partial charge in [-0.2, -0.15) is 4.31 Å². The second-order valence-electron chi connectivity index (χ2n) is 3.55. The molecule has 18 heavy (non-hydrogen) atoms. The molecule has 0 saturated carbocycles. The van der Waals surface area contributed by atoms with Crippen LogP contribution in [0.25, 0.3) is 0 Å². The number of carboxylic acid groups (broad SMARTS) is 1. The van der Waals surface area contributed by atoms with Crippen LogP contribution in [0.3, 0.4) is 0 Å². The highest BCUT2D eigenvalue weighted by atomic mass is 32.2. The Morgan fingerprint density at radius 1 is 1.39 bits per heavy atom. The molecule has 1 aromatic rings. The van der Waals surface area contributed by atoms with Gasteiger partial charge in [0.1, 0.15) is 0 Å². The Morgan fingerprint density at radius 2 is 2.06 bits per heavy atom. The molecule has 6 nitrogen and oxygen atoms in total. The van der Waals surface area contributed by atoms with E-state index in [1.54, 1.807) is 6.92 Å². The number of sulfonamides is 1. The third kappa shape index (κ3) is 3.06. The van der Waals surface area contributed by atoms with Crippen LogP contribution in [-0.2, 0) is 10.0 Å². The Morgan fingerprint density at radius 3 is 2.56 bits per heavy atom. The Bertz CT molecular complexity index is 526. The lowest BCUT2D eigenvalue weighted by Crippen LogP contribution is -2.33. The van der Waals surface area contributed by atoms with Gasteiger partial charge in [0.15, 0.2) is 0 Å². The van der Waals surface area contributed by atoms with Gasteiger partial charge in [-0.1, -0.05) is 13.0 Å². The predicted octanol–water partition coefficient (Wildman–Crippen LogP) is 0.388. The first-order chi connectivity index (χ1) is 8.43. The minimum Gasteiger partial charge on any atom is -0.478 e. The van der Waals surface area contributed by atoms with E-state index in [-0.39, 0.29) is 30.2 Å². The van der Waals surface area contributed by atoms with E-state index in [4.69, 9.17) is 10.2 Å². The van der Waals surface area contributed by atoms with Crippen LogP contribution in [-0.4, -0.2) is 48.6 Å². The number of hydrogen-bond donors (Lipinski definition) is 2. The third-order valence-electron chi connectivity index (χ3n) is 2.42. The summed E-state index contributed by atoms with van der Waals surface area (Å²) >= 11 is 0. The molecule has 0 saturated heterocycles. The number of rotatable bonds is 6. The molecule has 0 heterocycles. The smallest absolute Gasteiger partial charge is 0.335 e. The number of nitrogens with zero attached hydrogens (tertiary/aromatic N) is 1. The Labute approximate surface area is 106 Å². The van der Waals surface area contributed by atoms with Gasteiger partial charge in [0.05, 0.1) is 17.1 Å². The zero-order chi connectivity index (χ0) is 13.8. The molecule has 1 rings (SSSR count). The fourth-order valence-electron chi connectivity index (χ4n) is 1.50. The van der Waals surface area contributed by atoms with Crippen LogP contribution in [0.4, 0.5) is 0 Å². The van der Waals surface area contributed by atoms with E-state index in [1.165, 1.54) is 18.2 Å². The van der Waals surface area contributed by atoms with Crippen LogP contribution in [0.2, 0.25) is 0 Å². The Hall–Kier alpha value is -1.44. The number of likely N-dealkylation sites (N-methyl/N-ethyl adjacent to an activating group) is 1. The number of benzene rings is 1. The van der Waals surface area contributed by atoms with E-state index >= 15 is 0 Å². The summed E-state index contributed by atoms with van der Waals surface area (Å²) < 4.78 is 25.4. The number of aromatic carboxylic acids is 1. The maximum Gasteiger partial charge on any atom is 0.335 e. The molecule has 1 aromatic carbocycles. The second kappa shape index (κ2) is 5.94. The molecular formula is C11H15NO5S. The highest BCUT2D eigenvalue weighted by Gasteiger charge is 2.23. The van der Waals surface area contributed by atoms with Gasteiger partial charge in [0.25, 0.3) is 0 Å². The molecule has 2 N–H and O–H groups in total. The molecule has 0 amide bonds. The first-order valence-electron chi connectivity index (χ1n) is 5.37. The lowest BCUT2D eigenvalue weighted by molar-refractivity contribution is 0.0696. The van der Waals surface area contributed by atoms with Crippen LogP contribution >= 0.6 is 0 Å². The van der Waals surface area contributed by atoms with Crippen molar-refractivity contribution < 1.29 is 23.4 Å². The van der Waals surface area contributed by atoms with Crippen LogP contribution < -0.4 is 0 Å². The summed E-state index contributed by atoms with van der Waals surface area (Å²) in [7, 11) is -3.76. The SMILES string of the molecule is CCN(CCO)S(=O)(=O)c1cccc(C(=O)O)c1. The topological polar surface area (TPSA) is 94.9 Å². The van der Waals surface area contributed by atoms with E-state index in [9.17, 15) is 13.2 Å². The fourth-order valence-corrected chi connectivity index (χ4v) is 2.98. The zero-order valence-electron chi connectivity index (χ0n) is 9.91. The molecule has 7 heteroatoms. The molecule has 0 aromatic heterocycles. The summed E-state index contributed by atoms with van der Waals surface area (Å²) in [5.74, 6) is -1.18. The van der Waals surface area contributed by atoms with E-state index in [0.29, 0.717) is 0 Å². The fraction of sp³-hybridized carbons (Fsp3) is 0.364. The predicted molar refractivity (Wildman–Crippen MR) is 64.9 cm³/mol. The standard InChI is InChI=1S/C11H15NO5S/c1-2-12(6-7-13)18(16,17)10-5-3-4-9(8-10)11(14)15/h3-5,8,13H,2,6-7H2,1H3,(H,14,15). The molecule has 0 radical (unpaired) electrons. The number of aliphatic hydroxyl groups is 1. The minimum atomic E-state index is -3.76. The quantitative estimate of drug-likeness (QED) is 0.781. The molecule has 0 aliphatic rings. The van der Waals surface area contributed by atoms with Gasteiger partial charge in [-0.3, -0.25) is 0 Å². The largest absolute Gasteiger partial charge is 0.478 e. The summed E-state index contributed by atoms with van der Waals surface area (Å²) in [6.07, 6.45) is 0. The van der Waals surface area contributed by atoms with Gasteiger partial charge >= 0.3 is 5.97 Å². The molecule has 0 atom stereocenters. The molecule has 100 valence electrons. The molecular weight excluding hydrogens is 258 g/mol. The van der Waals surface area contributed by atoms with Crippen molar-refractivity contribution in [2.24, 2.45) is 0 Å². The number of carboxylic acids is 1. The Kier molecular flexibility index (Phi) is 4.83. The summed E-state index contributed by atoms with van der Waals surface area (Å²) in [6.45, 7) is 1.55. The monoisotopic (exact) mass is 273 g/mol. The van der Waals surface area contributed by atoms with Crippen LogP contribution in [0.15, 0.2) is 29.2 Å². The van der Waals surface area contributed by atoms with E-state index < -0.39 is 16.0 Å². The van der Waals surface area contributed by atoms with Crippen LogP contribution in [0.5, 0.6) is 0 Å². The van der Waals surface area contributed by atoms with Crippen LogP contribution in [0, 0.1) is 0 Å². The van der Waals surface area contributed by atoms with Gasteiger partial charge in [-0.05, 0) is 18.2 Å². The van der Waals surface area contributed by atoms with Gasteiger partial charge in [-0.25, -0.2) is 13.2 Å². The van der Waals surface area contributed by atoms with E-state index in [1.807, 2.05) is 0 Å². The first-order valence-corrected chi connectivity index (χ1v) is 6.81. The van der Waals surface area contributed by atoms with Crippen molar-refractivity contribution in [3.05, 3.63) is 29.8 Å². The highest BCUT2D eigenvalue weighted by Crippen LogP contribution is 2.16. The van der Waals surface area contributed by atoms with E-state index in [2.05, 4.69) is 0 Å². The van der Waals surface area contributed by atoms with Crippen molar-refractivity contribution in [2.75, 3.05) is 19.7 Å². The summed E-state index contributed by atoms with van der Waals surface area (Å²) in [5.41, 5.74) is -0.0869. The molecule has 0 bridgehead atoms. The van der Waals surface area contributed by atoms with Gasteiger partial charge in [-0.15, -0.1) is 0 Å². The number of aliphatic hydroxyl groups excluding tert-OH is 1. The molecule has 0 unspecified atom stereocenters. The number of carbonyl (C=O) groups is 1. The van der Waals surface area contributed by atoms with Gasteiger partial charge in [0.2, 0.25) is 10.0 Å². The molecule has 0 spiro atoms. The lowest BCUT2D eigenvalue weighted by atomic mass is 10.2. The number of hydrogen-bond acceptors (Lipinski definition) is 4. The molecule has 0 aliphatic heterocycles. The zero-order valence-corrected chi connectivity index (χ0v) is 10.7. The van der Waals surface area contributed by atoms with Crippen molar-refractivity contribution in [1.29, 1.82) is 0 Å². The van der Waals surface area contributed by atoms with Crippen molar-refractivity contribution in [2.45, 2.75) is 11.8 Å². The average Bonchev–Trinajstić information content (AvgIpc) is 2.35. The van der Waals surface area contributed by atoms with E-state index in [0.717, 1.165) is 10.4 Å². The summed E-state index contributed by atoms with van der Waals surface area (Å²) in [6, 6.07) is 5.15. The first kappa shape index (κ1) is 14.6. The summed E-state index contributed by atoms with van der Waals surface area (Å²) in [5, 5.41) is 17.6. The third-order valence-corrected chi connectivity index (χ3v) is 4.39. The molecule has 0 aliphatic carbocycles. The van der Waals surface area contributed by atoms with Crippen molar-refractivity contribution in [1.82, 2.24) is 4.31 Å². The minimum absolute atomic E-state index is 0.0177.